The van der Waals surface area contributed by atoms with E-state index in [0.717, 1.165) is 5.56 Å². The molecule has 0 unspecified atom stereocenters. The Kier molecular flexibility index (Phi) is 5.35. The molecule has 0 saturated carbocycles. The van der Waals surface area contributed by atoms with Crippen LogP contribution in [0.25, 0.3) is 0 Å². The quantitative estimate of drug-likeness (QED) is 0.627. The largest absolute Gasteiger partial charge is 0.435 e. The van der Waals surface area contributed by atoms with Crippen LogP contribution in [0.4, 0.5) is 8.78 Å². The van der Waals surface area contributed by atoms with E-state index in [1.54, 1.807) is 12.1 Å². The summed E-state index contributed by atoms with van der Waals surface area (Å²) >= 11 is 0. The number of hydrogen-bond acceptors (Lipinski definition) is 2. The third-order valence-corrected chi connectivity index (χ3v) is 1.99. The van der Waals surface area contributed by atoms with Gasteiger partial charge in [0.1, 0.15) is 5.75 Å². The second-order valence-corrected chi connectivity index (χ2v) is 4.03. The van der Waals surface area contributed by atoms with Crippen molar-refractivity contribution in [3.05, 3.63) is 29.8 Å². The van der Waals surface area contributed by atoms with Gasteiger partial charge in [-0.15, -0.1) is 0 Å². The van der Waals surface area contributed by atoms with Crippen molar-refractivity contribution < 1.29 is 13.5 Å². The first-order chi connectivity index (χ1) is 8.47. The Hall–Kier alpha value is -1.85. The fourth-order valence-electron chi connectivity index (χ4n) is 1.34. The van der Waals surface area contributed by atoms with Crippen LogP contribution in [0.15, 0.2) is 29.3 Å². The minimum Gasteiger partial charge on any atom is -0.435 e. The predicted molar refractivity (Wildman–Crippen MR) is 66.7 cm³/mol. The Labute approximate surface area is 105 Å². The second-order valence-electron chi connectivity index (χ2n) is 4.03. The van der Waals surface area contributed by atoms with Crippen LogP contribution in [0.3, 0.4) is 0 Å². The van der Waals surface area contributed by atoms with Crippen molar-refractivity contribution in [1.82, 2.24) is 5.32 Å². The highest BCUT2D eigenvalue weighted by molar-refractivity contribution is 5.78. The zero-order chi connectivity index (χ0) is 13.5. The fraction of sp³-hybridized carbons (Fsp3) is 0.417. The number of aliphatic imine (C=N–C) groups is 1. The topological polar surface area (TPSA) is 59.6 Å². The molecule has 1 rings (SSSR count). The molecular weight excluding hydrogens is 240 g/mol. The van der Waals surface area contributed by atoms with Crippen LogP contribution < -0.4 is 15.8 Å². The summed E-state index contributed by atoms with van der Waals surface area (Å²) in [5.41, 5.74) is 6.38. The summed E-state index contributed by atoms with van der Waals surface area (Å²) in [4.78, 5) is 4.10. The first-order valence-electron chi connectivity index (χ1n) is 5.57. The molecule has 0 aliphatic heterocycles. The van der Waals surface area contributed by atoms with Crippen molar-refractivity contribution in [3.63, 3.8) is 0 Å². The zero-order valence-electron chi connectivity index (χ0n) is 10.4. The molecule has 0 atom stereocenters. The highest BCUT2D eigenvalue weighted by atomic mass is 19.3. The first-order valence-corrected chi connectivity index (χ1v) is 5.57. The molecule has 0 bridgehead atoms. The molecule has 0 aliphatic rings. The number of hydrogen-bond donors (Lipinski definition) is 2. The minimum atomic E-state index is -2.82. The van der Waals surface area contributed by atoms with Gasteiger partial charge in [-0.2, -0.15) is 8.78 Å². The SMILES string of the molecule is CC(C)NC(N)=NCc1cccc(OC(F)F)c1. The van der Waals surface area contributed by atoms with Crippen LogP contribution >= 0.6 is 0 Å². The lowest BCUT2D eigenvalue weighted by Gasteiger charge is -2.09. The summed E-state index contributed by atoms with van der Waals surface area (Å²) in [6, 6.07) is 6.58. The minimum absolute atomic E-state index is 0.119. The molecule has 0 saturated heterocycles. The number of nitrogens with zero attached hydrogens (tertiary/aromatic N) is 1. The molecule has 1 aromatic rings. The maximum absolute atomic E-state index is 12.0. The summed E-state index contributed by atoms with van der Waals surface area (Å²) in [5.74, 6) is 0.443. The molecule has 18 heavy (non-hydrogen) atoms. The lowest BCUT2D eigenvalue weighted by Crippen LogP contribution is -2.36. The number of ether oxygens (including phenoxy) is 1. The van der Waals surface area contributed by atoms with Crippen molar-refractivity contribution in [3.8, 4) is 5.75 Å². The second kappa shape index (κ2) is 6.78. The highest BCUT2D eigenvalue weighted by Crippen LogP contribution is 2.16. The van der Waals surface area contributed by atoms with Gasteiger partial charge in [0, 0.05) is 6.04 Å². The van der Waals surface area contributed by atoms with Gasteiger partial charge >= 0.3 is 6.61 Å². The molecule has 3 N–H and O–H groups in total. The Balaban J connectivity index is 2.62. The number of benzene rings is 1. The molecule has 6 heteroatoms. The van der Waals surface area contributed by atoms with Crippen molar-refractivity contribution in [2.75, 3.05) is 0 Å². The average molecular weight is 257 g/mol. The van der Waals surface area contributed by atoms with E-state index in [9.17, 15) is 8.78 Å². The Bertz CT molecular complexity index is 408. The summed E-state index contributed by atoms with van der Waals surface area (Å²) in [7, 11) is 0. The van der Waals surface area contributed by atoms with Gasteiger partial charge in [-0.25, -0.2) is 4.99 Å². The Morgan fingerprint density at radius 3 is 2.78 bits per heavy atom. The Morgan fingerprint density at radius 2 is 2.17 bits per heavy atom. The standard InChI is InChI=1S/C12H17F2N3O/c1-8(2)17-12(15)16-7-9-4-3-5-10(6-9)18-11(13)14/h3-6,8,11H,7H2,1-2H3,(H3,15,16,17). The van der Waals surface area contributed by atoms with Crippen LogP contribution in [0.5, 0.6) is 5.75 Å². The van der Waals surface area contributed by atoms with E-state index in [4.69, 9.17) is 5.73 Å². The van der Waals surface area contributed by atoms with Crippen molar-refractivity contribution in [1.29, 1.82) is 0 Å². The van der Waals surface area contributed by atoms with Gasteiger partial charge in [-0.1, -0.05) is 12.1 Å². The van der Waals surface area contributed by atoms with Gasteiger partial charge in [0.15, 0.2) is 5.96 Å². The maximum Gasteiger partial charge on any atom is 0.387 e. The molecule has 0 aromatic heterocycles. The predicted octanol–water partition coefficient (Wildman–Crippen LogP) is 2.10. The molecule has 0 spiro atoms. The van der Waals surface area contributed by atoms with E-state index >= 15 is 0 Å². The Morgan fingerprint density at radius 1 is 1.44 bits per heavy atom. The lowest BCUT2D eigenvalue weighted by molar-refractivity contribution is -0.0498. The summed E-state index contributed by atoms with van der Waals surface area (Å²) in [6.45, 7) is 1.38. The van der Waals surface area contributed by atoms with Gasteiger partial charge in [0.25, 0.3) is 0 Å². The molecule has 0 heterocycles. The van der Waals surface area contributed by atoms with Gasteiger partial charge in [0.2, 0.25) is 0 Å². The van der Waals surface area contributed by atoms with Crippen molar-refractivity contribution in [2.24, 2.45) is 10.7 Å². The number of guanidine groups is 1. The van der Waals surface area contributed by atoms with E-state index in [0.29, 0.717) is 12.5 Å². The summed E-state index contributed by atoms with van der Waals surface area (Å²) < 4.78 is 28.4. The molecular formula is C12H17F2N3O. The molecule has 0 radical (unpaired) electrons. The molecule has 0 fully saturated rings. The molecule has 100 valence electrons. The van der Waals surface area contributed by atoms with E-state index < -0.39 is 6.61 Å². The van der Waals surface area contributed by atoms with E-state index in [1.807, 2.05) is 13.8 Å². The number of nitrogens with one attached hydrogen (secondary N) is 1. The lowest BCUT2D eigenvalue weighted by atomic mass is 10.2. The van der Waals surface area contributed by atoms with Crippen molar-refractivity contribution in [2.45, 2.75) is 33.0 Å². The number of rotatable bonds is 5. The van der Waals surface area contributed by atoms with Crippen LogP contribution in [-0.2, 0) is 6.54 Å². The molecule has 1 aromatic carbocycles. The summed E-state index contributed by atoms with van der Waals surface area (Å²) in [6.07, 6.45) is 0. The normalized spacial score (nSPS) is 12.0. The van der Waals surface area contributed by atoms with Crippen molar-refractivity contribution >= 4 is 5.96 Å². The highest BCUT2D eigenvalue weighted by Gasteiger charge is 2.04. The van der Waals surface area contributed by atoms with Gasteiger partial charge in [0.05, 0.1) is 6.54 Å². The maximum atomic E-state index is 12.0. The number of alkyl halides is 2. The number of nitrogens with two attached hydrogens (primary N) is 1. The smallest absolute Gasteiger partial charge is 0.387 e. The van der Waals surface area contributed by atoms with E-state index in [-0.39, 0.29) is 11.8 Å². The average Bonchev–Trinajstić information content (AvgIpc) is 2.25. The molecule has 0 amide bonds. The van der Waals surface area contributed by atoms with Gasteiger partial charge < -0.3 is 15.8 Å². The molecule has 0 aliphatic carbocycles. The monoisotopic (exact) mass is 257 g/mol. The number of halogens is 2. The van der Waals surface area contributed by atoms with Gasteiger partial charge in [-0.05, 0) is 31.5 Å². The summed E-state index contributed by atoms with van der Waals surface area (Å²) in [5, 5.41) is 2.94. The van der Waals surface area contributed by atoms with Gasteiger partial charge in [-0.3, -0.25) is 0 Å². The van der Waals surface area contributed by atoms with E-state index in [2.05, 4.69) is 15.0 Å². The first kappa shape index (κ1) is 14.2. The van der Waals surface area contributed by atoms with E-state index in [1.165, 1.54) is 12.1 Å². The van der Waals surface area contributed by atoms with Crippen LogP contribution in [0.1, 0.15) is 19.4 Å². The molecule has 4 nitrogen and oxygen atoms in total. The van der Waals surface area contributed by atoms with Crippen LogP contribution in [-0.4, -0.2) is 18.6 Å². The van der Waals surface area contributed by atoms with Crippen LogP contribution in [0.2, 0.25) is 0 Å². The third-order valence-electron chi connectivity index (χ3n) is 1.99. The third kappa shape index (κ3) is 5.47. The fourth-order valence-corrected chi connectivity index (χ4v) is 1.34. The zero-order valence-corrected chi connectivity index (χ0v) is 10.4. The van der Waals surface area contributed by atoms with Crippen LogP contribution in [0, 0.1) is 0 Å².